The second-order valence-corrected chi connectivity index (χ2v) is 8.25. The molecule has 11 heteroatoms. The van der Waals surface area contributed by atoms with E-state index in [1.165, 1.54) is 18.3 Å². The number of benzene rings is 3. The van der Waals surface area contributed by atoms with Crippen molar-refractivity contribution in [1.29, 1.82) is 0 Å². The highest BCUT2D eigenvalue weighted by Gasteiger charge is 2.31. The predicted molar refractivity (Wildman–Crippen MR) is 128 cm³/mol. The number of aromatic nitrogens is 2. The second-order valence-electron chi connectivity index (χ2n) is 7.33. The molecule has 0 atom stereocenters. The highest BCUT2D eigenvalue weighted by Crippen LogP contribution is 2.32. The van der Waals surface area contributed by atoms with Crippen LogP contribution in [0.2, 0.25) is 0 Å². The number of ether oxygens (including phenoxy) is 1. The molecule has 0 saturated heterocycles. The lowest BCUT2D eigenvalue weighted by Crippen LogP contribution is -2.21. The summed E-state index contributed by atoms with van der Waals surface area (Å²) < 4.78 is 47.0. The summed E-state index contributed by atoms with van der Waals surface area (Å²) in [6.07, 6.45) is -3.29. The largest absolute Gasteiger partial charge is 0.483 e. The SMILES string of the molecule is NC(=O)COc1ccc(Br)cc1C=Nn1c(-c2cccc(C(F)(F)F)c2)nc2ccccc2c1=O. The van der Waals surface area contributed by atoms with Crippen molar-refractivity contribution in [3.63, 3.8) is 0 Å². The minimum Gasteiger partial charge on any atom is -0.483 e. The lowest BCUT2D eigenvalue weighted by molar-refractivity contribution is -0.137. The van der Waals surface area contributed by atoms with Gasteiger partial charge in [0, 0.05) is 15.6 Å². The fraction of sp³-hybridized carbons (Fsp3) is 0.0833. The number of para-hydroxylation sites is 1. The van der Waals surface area contributed by atoms with Crippen molar-refractivity contribution in [3.8, 4) is 17.1 Å². The molecule has 4 rings (SSSR count). The maximum absolute atomic E-state index is 13.3. The Morgan fingerprint density at radius 1 is 1.11 bits per heavy atom. The molecule has 7 nitrogen and oxygen atoms in total. The zero-order valence-corrected chi connectivity index (χ0v) is 19.4. The number of nitrogens with two attached hydrogens (primary N) is 1. The Balaban J connectivity index is 1.90. The van der Waals surface area contributed by atoms with Gasteiger partial charge in [0.2, 0.25) is 0 Å². The standard InChI is InChI=1S/C24H16BrF3N4O3/c25-17-8-9-20(35-13-21(29)33)15(11-17)12-30-32-22(14-4-3-5-16(10-14)24(26,27)28)31-19-7-2-1-6-18(19)23(32)34/h1-12H,13H2,(H2,29,33). The summed E-state index contributed by atoms with van der Waals surface area (Å²) in [5.74, 6) is -0.499. The summed E-state index contributed by atoms with van der Waals surface area (Å²) in [6, 6.07) is 15.8. The molecule has 0 unspecified atom stereocenters. The van der Waals surface area contributed by atoms with Crippen molar-refractivity contribution in [1.82, 2.24) is 9.66 Å². The molecule has 35 heavy (non-hydrogen) atoms. The molecule has 1 heterocycles. The Kier molecular flexibility index (Phi) is 6.70. The van der Waals surface area contributed by atoms with Gasteiger partial charge in [-0.25, -0.2) is 4.98 Å². The van der Waals surface area contributed by atoms with E-state index in [0.717, 1.165) is 16.8 Å². The highest BCUT2D eigenvalue weighted by atomic mass is 79.9. The number of hydrogen-bond donors (Lipinski definition) is 1. The van der Waals surface area contributed by atoms with Crippen LogP contribution in [0.3, 0.4) is 0 Å². The number of rotatable bonds is 6. The number of primary amides is 1. The topological polar surface area (TPSA) is 99.6 Å². The van der Waals surface area contributed by atoms with Gasteiger partial charge in [0.05, 0.1) is 22.7 Å². The Labute approximate surface area is 204 Å². The van der Waals surface area contributed by atoms with Gasteiger partial charge in [0.15, 0.2) is 12.4 Å². The van der Waals surface area contributed by atoms with E-state index in [-0.39, 0.29) is 29.1 Å². The van der Waals surface area contributed by atoms with Crippen molar-refractivity contribution >= 4 is 39.0 Å². The second kappa shape index (κ2) is 9.71. The predicted octanol–water partition coefficient (Wildman–Crippen LogP) is 4.59. The fourth-order valence-electron chi connectivity index (χ4n) is 3.27. The molecule has 0 aliphatic rings. The fourth-order valence-corrected chi connectivity index (χ4v) is 3.65. The number of fused-ring (bicyclic) bond motifs is 1. The highest BCUT2D eigenvalue weighted by molar-refractivity contribution is 9.10. The Morgan fingerprint density at radius 3 is 2.63 bits per heavy atom. The minimum absolute atomic E-state index is 0.0549. The van der Waals surface area contributed by atoms with Crippen LogP contribution in [0.1, 0.15) is 11.1 Å². The first-order chi connectivity index (χ1) is 16.6. The van der Waals surface area contributed by atoms with Crippen molar-refractivity contribution in [2.45, 2.75) is 6.18 Å². The lowest BCUT2D eigenvalue weighted by Gasteiger charge is -2.12. The van der Waals surface area contributed by atoms with Gasteiger partial charge in [0.25, 0.3) is 11.5 Å². The third-order valence-electron chi connectivity index (χ3n) is 4.86. The van der Waals surface area contributed by atoms with Gasteiger partial charge in [-0.1, -0.05) is 40.2 Å². The van der Waals surface area contributed by atoms with Gasteiger partial charge >= 0.3 is 6.18 Å². The molecule has 0 fully saturated rings. The van der Waals surface area contributed by atoms with Gasteiger partial charge in [-0.05, 0) is 42.5 Å². The number of amides is 1. The number of carbonyl (C=O) groups excluding carboxylic acids is 1. The molecule has 0 radical (unpaired) electrons. The molecule has 0 spiro atoms. The normalized spacial score (nSPS) is 11.8. The van der Waals surface area contributed by atoms with E-state index in [9.17, 15) is 22.8 Å². The van der Waals surface area contributed by atoms with Crippen LogP contribution in [0.25, 0.3) is 22.3 Å². The lowest BCUT2D eigenvalue weighted by atomic mass is 10.1. The third kappa shape index (κ3) is 5.40. The van der Waals surface area contributed by atoms with Crippen LogP contribution in [-0.2, 0) is 11.0 Å². The molecule has 2 N–H and O–H groups in total. The molecule has 1 amide bonds. The molecule has 0 bridgehead atoms. The molecular weight excluding hydrogens is 529 g/mol. The van der Waals surface area contributed by atoms with Crippen LogP contribution in [-0.4, -0.2) is 28.4 Å². The summed E-state index contributed by atoms with van der Waals surface area (Å²) in [6.45, 7) is -0.380. The van der Waals surface area contributed by atoms with Gasteiger partial charge in [0.1, 0.15) is 5.75 Å². The summed E-state index contributed by atoms with van der Waals surface area (Å²) >= 11 is 3.33. The quantitative estimate of drug-likeness (QED) is 0.359. The minimum atomic E-state index is -4.58. The van der Waals surface area contributed by atoms with Crippen LogP contribution >= 0.6 is 15.9 Å². The number of carbonyl (C=O) groups is 1. The number of nitrogens with zero attached hydrogens (tertiary/aromatic N) is 3. The van der Waals surface area contributed by atoms with Gasteiger partial charge in [-0.15, -0.1) is 0 Å². The summed E-state index contributed by atoms with van der Waals surface area (Å²) in [7, 11) is 0. The molecular formula is C24H16BrF3N4O3. The molecule has 0 aliphatic carbocycles. The van der Waals surface area contributed by atoms with E-state index in [1.54, 1.807) is 42.5 Å². The third-order valence-corrected chi connectivity index (χ3v) is 5.35. The first-order valence-electron chi connectivity index (χ1n) is 10.1. The van der Waals surface area contributed by atoms with Gasteiger partial charge in [-0.2, -0.15) is 22.9 Å². The first kappa shape index (κ1) is 24.1. The number of alkyl halides is 3. The zero-order chi connectivity index (χ0) is 25.2. The van der Waals surface area contributed by atoms with E-state index < -0.39 is 23.2 Å². The Morgan fingerprint density at radius 2 is 1.89 bits per heavy atom. The average molecular weight is 545 g/mol. The summed E-state index contributed by atoms with van der Waals surface area (Å²) in [5, 5.41) is 4.48. The van der Waals surface area contributed by atoms with Crippen LogP contribution in [0.15, 0.2) is 81.1 Å². The van der Waals surface area contributed by atoms with Gasteiger partial charge < -0.3 is 10.5 Å². The molecule has 1 aromatic heterocycles. The van der Waals surface area contributed by atoms with E-state index in [1.807, 2.05) is 0 Å². The maximum Gasteiger partial charge on any atom is 0.416 e. The first-order valence-corrected chi connectivity index (χ1v) is 10.9. The van der Waals surface area contributed by atoms with Crippen molar-refractivity contribution in [3.05, 3.63) is 92.7 Å². The van der Waals surface area contributed by atoms with E-state index in [2.05, 4.69) is 26.0 Å². The molecule has 0 saturated carbocycles. The van der Waals surface area contributed by atoms with Crippen LogP contribution in [0.4, 0.5) is 13.2 Å². The van der Waals surface area contributed by atoms with Crippen LogP contribution in [0.5, 0.6) is 5.75 Å². The number of halogens is 4. The van der Waals surface area contributed by atoms with Gasteiger partial charge in [-0.3, -0.25) is 9.59 Å². The molecule has 0 aliphatic heterocycles. The maximum atomic E-state index is 13.3. The monoisotopic (exact) mass is 544 g/mol. The Hall–Kier alpha value is -3.99. The van der Waals surface area contributed by atoms with Crippen molar-refractivity contribution in [2.24, 2.45) is 10.8 Å². The number of hydrogen-bond acceptors (Lipinski definition) is 5. The zero-order valence-electron chi connectivity index (χ0n) is 17.8. The summed E-state index contributed by atoms with van der Waals surface area (Å²) in [4.78, 5) is 28.8. The Bertz CT molecular complexity index is 1520. The van der Waals surface area contributed by atoms with E-state index in [0.29, 0.717) is 15.6 Å². The average Bonchev–Trinajstić information content (AvgIpc) is 2.82. The van der Waals surface area contributed by atoms with Crippen molar-refractivity contribution < 1.29 is 22.7 Å². The molecule has 3 aromatic carbocycles. The van der Waals surface area contributed by atoms with Crippen molar-refractivity contribution in [2.75, 3.05) is 6.61 Å². The van der Waals surface area contributed by atoms with E-state index >= 15 is 0 Å². The molecule has 178 valence electrons. The van der Waals surface area contributed by atoms with E-state index in [4.69, 9.17) is 10.5 Å². The molecule has 4 aromatic rings. The van der Waals surface area contributed by atoms with Crippen LogP contribution in [0, 0.1) is 0 Å². The van der Waals surface area contributed by atoms with Crippen LogP contribution < -0.4 is 16.0 Å². The smallest absolute Gasteiger partial charge is 0.416 e. The summed E-state index contributed by atoms with van der Waals surface area (Å²) in [5.41, 5.74) is 4.43.